The summed E-state index contributed by atoms with van der Waals surface area (Å²) in [6, 6.07) is 9.50. The first-order valence-corrected chi connectivity index (χ1v) is 8.36. The Morgan fingerprint density at radius 3 is 2.87 bits per heavy atom. The van der Waals surface area contributed by atoms with Crippen LogP contribution in [0, 0.1) is 17.2 Å². The predicted molar refractivity (Wildman–Crippen MR) is 87.0 cm³/mol. The first-order chi connectivity index (χ1) is 11.3. The number of nitrogens with zero attached hydrogens (tertiary/aromatic N) is 2. The fourth-order valence-electron chi connectivity index (χ4n) is 3.40. The van der Waals surface area contributed by atoms with Crippen molar-refractivity contribution in [1.29, 1.82) is 5.26 Å². The van der Waals surface area contributed by atoms with Crippen molar-refractivity contribution in [2.75, 3.05) is 32.8 Å². The molecule has 1 aromatic rings. The molecule has 23 heavy (non-hydrogen) atoms. The Morgan fingerprint density at radius 1 is 1.35 bits per heavy atom. The van der Waals surface area contributed by atoms with Crippen LogP contribution in [0.15, 0.2) is 24.3 Å². The third-order valence-electron chi connectivity index (χ3n) is 4.88. The fourth-order valence-corrected chi connectivity index (χ4v) is 3.40. The minimum atomic E-state index is -0.0891. The lowest BCUT2D eigenvalue weighted by atomic mass is 9.95. The van der Waals surface area contributed by atoms with Crippen LogP contribution in [0.3, 0.4) is 0 Å². The molecule has 1 amide bonds. The van der Waals surface area contributed by atoms with Gasteiger partial charge in [-0.1, -0.05) is 6.07 Å². The molecular weight excluding hydrogens is 290 g/mol. The average molecular weight is 313 g/mol. The first kappa shape index (κ1) is 16.0. The molecule has 0 saturated carbocycles. The van der Waals surface area contributed by atoms with E-state index in [4.69, 9.17) is 10.00 Å². The molecule has 3 rings (SSSR count). The number of ether oxygens (including phenoxy) is 1. The van der Waals surface area contributed by atoms with Gasteiger partial charge in [-0.15, -0.1) is 0 Å². The molecule has 2 heterocycles. The second-order valence-electron chi connectivity index (χ2n) is 6.40. The molecule has 2 saturated heterocycles. The predicted octanol–water partition coefficient (Wildman–Crippen LogP) is 1.79. The summed E-state index contributed by atoms with van der Waals surface area (Å²) >= 11 is 0. The number of likely N-dealkylation sites (tertiary alicyclic amines) is 1. The number of amides is 1. The van der Waals surface area contributed by atoms with Crippen molar-refractivity contribution in [2.45, 2.75) is 25.3 Å². The lowest BCUT2D eigenvalue weighted by molar-refractivity contribution is 0.0911. The van der Waals surface area contributed by atoms with Gasteiger partial charge in [-0.2, -0.15) is 5.26 Å². The molecule has 0 spiro atoms. The minimum Gasteiger partial charge on any atom is -0.380 e. The number of carbonyl (C=O) groups is 1. The lowest BCUT2D eigenvalue weighted by Gasteiger charge is -2.35. The highest BCUT2D eigenvalue weighted by Crippen LogP contribution is 2.22. The van der Waals surface area contributed by atoms with Gasteiger partial charge in [0, 0.05) is 24.8 Å². The summed E-state index contributed by atoms with van der Waals surface area (Å²) in [5, 5.41) is 11.9. The molecule has 0 bridgehead atoms. The number of hydrogen-bond donors (Lipinski definition) is 1. The van der Waals surface area contributed by atoms with Gasteiger partial charge in [0.1, 0.15) is 0 Å². The van der Waals surface area contributed by atoms with Crippen LogP contribution in [0.1, 0.15) is 35.2 Å². The minimum absolute atomic E-state index is 0.0891. The highest BCUT2D eigenvalue weighted by Gasteiger charge is 2.27. The highest BCUT2D eigenvalue weighted by atomic mass is 16.5. The van der Waals surface area contributed by atoms with Crippen LogP contribution >= 0.6 is 0 Å². The van der Waals surface area contributed by atoms with Gasteiger partial charge in [-0.3, -0.25) is 9.69 Å². The van der Waals surface area contributed by atoms with E-state index in [1.54, 1.807) is 24.3 Å². The van der Waals surface area contributed by atoms with E-state index in [1.165, 1.54) is 0 Å². The van der Waals surface area contributed by atoms with Crippen molar-refractivity contribution in [3.8, 4) is 6.07 Å². The summed E-state index contributed by atoms with van der Waals surface area (Å²) in [4.78, 5) is 14.7. The van der Waals surface area contributed by atoms with Crippen LogP contribution in [0.5, 0.6) is 0 Å². The second kappa shape index (κ2) is 7.58. The van der Waals surface area contributed by atoms with Gasteiger partial charge in [0.05, 0.1) is 18.2 Å². The Labute approximate surface area is 137 Å². The molecule has 5 heteroatoms. The standard InChI is InChI=1S/C18H23N3O2/c19-11-15-2-1-3-16(10-15)18(22)20-12-14-4-7-21(8-5-14)17-6-9-23-13-17/h1-3,10,14,17H,4-9,12-13H2,(H,20,22). The molecule has 0 aliphatic carbocycles. The Morgan fingerprint density at radius 2 is 2.17 bits per heavy atom. The van der Waals surface area contributed by atoms with Crippen LogP contribution in [0.4, 0.5) is 0 Å². The molecule has 0 aromatic heterocycles. The van der Waals surface area contributed by atoms with Crippen LogP contribution in [-0.4, -0.2) is 49.7 Å². The molecule has 1 unspecified atom stereocenters. The number of piperidine rings is 1. The fraction of sp³-hybridized carbons (Fsp3) is 0.556. The zero-order valence-electron chi connectivity index (χ0n) is 13.3. The van der Waals surface area contributed by atoms with E-state index < -0.39 is 0 Å². The molecule has 0 radical (unpaired) electrons. The summed E-state index contributed by atoms with van der Waals surface area (Å²) in [5.41, 5.74) is 1.08. The number of nitriles is 1. The molecule has 2 aliphatic heterocycles. The summed E-state index contributed by atoms with van der Waals surface area (Å²) in [6.45, 7) is 4.67. The summed E-state index contributed by atoms with van der Waals surface area (Å²) in [5.74, 6) is 0.449. The number of rotatable bonds is 4. The molecule has 1 aromatic carbocycles. The highest BCUT2D eigenvalue weighted by molar-refractivity contribution is 5.94. The normalized spacial score (nSPS) is 22.7. The number of hydrogen-bond acceptors (Lipinski definition) is 4. The lowest BCUT2D eigenvalue weighted by Crippen LogP contribution is -2.43. The van der Waals surface area contributed by atoms with Gasteiger partial charge in [0.2, 0.25) is 0 Å². The van der Waals surface area contributed by atoms with E-state index in [2.05, 4.69) is 16.3 Å². The van der Waals surface area contributed by atoms with Crippen LogP contribution < -0.4 is 5.32 Å². The molecule has 2 fully saturated rings. The second-order valence-corrected chi connectivity index (χ2v) is 6.40. The maximum absolute atomic E-state index is 12.2. The quantitative estimate of drug-likeness (QED) is 0.920. The van der Waals surface area contributed by atoms with E-state index in [0.29, 0.717) is 29.6 Å². The van der Waals surface area contributed by atoms with Crippen LogP contribution in [-0.2, 0) is 4.74 Å². The van der Waals surface area contributed by atoms with Gasteiger partial charge in [0.15, 0.2) is 0 Å². The van der Waals surface area contributed by atoms with Crippen molar-refractivity contribution < 1.29 is 9.53 Å². The number of benzene rings is 1. The molecule has 1 N–H and O–H groups in total. The Balaban J connectivity index is 1.44. The van der Waals surface area contributed by atoms with Crippen LogP contribution in [0.2, 0.25) is 0 Å². The summed E-state index contributed by atoms with van der Waals surface area (Å²) in [7, 11) is 0. The third-order valence-corrected chi connectivity index (χ3v) is 4.88. The van der Waals surface area contributed by atoms with E-state index in [1.807, 2.05) is 0 Å². The summed E-state index contributed by atoms with van der Waals surface area (Å²) in [6.07, 6.45) is 3.39. The van der Waals surface area contributed by atoms with Crippen LogP contribution in [0.25, 0.3) is 0 Å². The molecule has 5 nitrogen and oxygen atoms in total. The van der Waals surface area contributed by atoms with Crippen molar-refractivity contribution in [1.82, 2.24) is 10.2 Å². The van der Waals surface area contributed by atoms with E-state index >= 15 is 0 Å². The first-order valence-electron chi connectivity index (χ1n) is 8.36. The average Bonchev–Trinajstić information content (AvgIpc) is 3.15. The molecular formula is C18H23N3O2. The van der Waals surface area contributed by atoms with Gasteiger partial charge in [-0.05, 0) is 56.5 Å². The van der Waals surface area contributed by atoms with Gasteiger partial charge < -0.3 is 10.1 Å². The SMILES string of the molecule is N#Cc1cccc(C(=O)NCC2CCN(C3CCOC3)CC2)c1. The summed E-state index contributed by atoms with van der Waals surface area (Å²) < 4.78 is 5.46. The van der Waals surface area contributed by atoms with E-state index in [0.717, 1.165) is 45.6 Å². The van der Waals surface area contributed by atoms with E-state index in [9.17, 15) is 4.79 Å². The van der Waals surface area contributed by atoms with Gasteiger partial charge in [0.25, 0.3) is 5.91 Å². The van der Waals surface area contributed by atoms with Crippen molar-refractivity contribution in [2.24, 2.45) is 5.92 Å². The molecule has 1 atom stereocenters. The van der Waals surface area contributed by atoms with Crippen molar-refractivity contribution in [3.05, 3.63) is 35.4 Å². The number of nitrogens with one attached hydrogen (secondary N) is 1. The molecule has 2 aliphatic rings. The number of carbonyl (C=O) groups excluding carboxylic acids is 1. The maximum Gasteiger partial charge on any atom is 0.251 e. The van der Waals surface area contributed by atoms with Gasteiger partial charge in [-0.25, -0.2) is 0 Å². The Kier molecular flexibility index (Phi) is 5.27. The Hall–Kier alpha value is -1.90. The van der Waals surface area contributed by atoms with E-state index in [-0.39, 0.29) is 5.91 Å². The zero-order valence-corrected chi connectivity index (χ0v) is 13.3. The third kappa shape index (κ3) is 4.10. The zero-order chi connectivity index (χ0) is 16.1. The smallest absolute Gasteiger partial charge is 0.251 e. The monoisotopic (exact) mass is 313 g/mol. The van der Waals surface area contributed by atoms with Crippen molar-refractivity contribution in [3.63, 3.8) is 0 Å². The molecule has 122 valence electrons. The Bertz CT molecular complexity index is 582. The largest absolute Gasteiger partial charge is 0.380 e. The topological polar surface area (TPSA) is 65.4 Å². The van der Waals surface area contributed by atoms with Crippen molar-refractivity contribution >= 4 is 5.91 Å². The maximum atomic E-state index is 12.2. The van der Waals surface area contributed by atoms with Gasteiger partial charge >= 0.3 is 0 Å².